The van der Waals surface area contributed by atoms with Crippen LogP contribution in [-0.4, -0.2) is 30.3 Å². The number of benzene rings is 1. The SMILES string of the molecule is CC(=O)NC(CC(=O)N(C)CC12CC3CC(CC(C3)C1)C2)c1ccc(Cl)cc1. The molecule has 28 heavy (non-hydrogen) atoms. The lowest BCUT2D eigenvalue weighted by Gasteiger charge is -2.57. The molecule has 152 valence electrons. The number of carbonyl (C=O) groups excluding carboxylic acids is 2. The molecule has 1 aromatic carbocycles. The van der Waals surface area contributed by atoms with Crippen molar-refractivity contribution in [3.63, 3.8) is 0 Å². The monoisotopic (exact) mass is 402 g/mol. The minimum Gasteiger partial charge on any atom is -0.349 e. The number of carbonyl (C=O) groups is 2. The fraction of sp³-hybridized carbons (Fsp3) is 0.652. The van der Waals surface area contributed by atoms with E-state index >= 15 is 0 Å². The first-order valence-electron chi connectivity index (χ1n) is 10.6. The lowest BCUT2D eigenvalue weighted by molar-refractivity contribution is -0.136. The highest BCUT2D eigenvalue weighted by molar-refractivity contribution is 6.30. The van der Waals surface area contributed by atoms with Crippen LogP contribution in [0, 0.1) is 23.2 Å². The molecule has 0 spiro atoms. The van der Waals surface area contributed by atoms with Gasteiger partial charge < -0.3 is 10.2 Å². The fourth-order valence-electron chi connectivity index (χ4n) is 6.60. The van der Waals surface area contributed by atoms with Crippen LogP contribution in [-0.2, 0) is 9.59 Å². The second kappa shape index (κ2) is 7.70. The molecule has 0 radical (unpaired) electrons. The van der Waals surface area contributed by atoms with Crippen molar-refractivity contribution >= 4 is 23.4 Å². The number of halogens is 1. The summed E-state index contributed by atoms with van der Waals surface area (Å²) in [6, 6.07) is 7.05. The minimum absolute atomic E-state index is 0.101. The fourth-order valence-corrected chi connectivity index (χ4v) is 6.72. The van der Waals surface area contributed by atoms with Gasteiger partial charge in [0.2, 0.25) is 11.8 Å². The van der Waals surface area contributed by atoms with E-state index in [1.165, 1.54) is 45.4 Å². The Morgan fingerprint density at radius 2 is 1.64 bits per heavy atom. The summed E-state index contributed by atoms with van der Waals surface area (Å²) in [7, 11) is 1.94. The van der Waals surface area contributed by atoms with Crippen LogP contribution in [0.3, 0.4) is 0 Å². The van der Waals surface area contributed by atoms with Crippen LogP contribution in [0.25, 0.3) is 0 Å². The Balaban J connectivity index is 1.42. The Bertz CT molecular complexity index is 710. The number of nitrogens with one attached hydrogen (secondary N) is 1. The van der Waals surface area contributed by atoms with E-state index in [1.54, 1.807) is 12.1 Å². The zero-order chi connectivity index (χ0) is 19.9. The number of amides is 2. The highest BCUT2D eigenvalue weighted by Crippen LogP contribution is 2.60. The van der Waals surface area contributed by atoms with Crippen LogP contribution < -0.4 is 5.32 Å². The molecule has 4 aliphatic carbocycles. The molecule has 4 fully saturated rings. The molecule has 4 aliphatic rings. The van der Waals surface area contributed by atoms with Gasteiger partial charge in [-0.05, 0) is 79.4 Å². The van der Waals surface area contributed by atoms with Gasteiger partial charge >= 0.3 is 0 Å². The third-order valence-electron chi connectivity index (χ3n) is 7.19. The molecule has 0 heterocycles. The predicted molar refractivity (Wildman–Crippen MR) is 111 cm³/mol. The molecule has 1 aromatic rings. The lowest BCUT2D eigenvalue weighted by atomic mass is 9.49. The van der Waals surface area contributed by atoms with Gasteiger partial charge in [-0.2, -0.15) is 0 Å². The molecule has 2 amide bonds. The summed E-state index contributed by atoms with van der Waals surface area (Å²) in [6.07, 6.45) is 8.41. The molecule has 1 unspecified atom stereocenters. The molecule has 4 bridgehead atoms. The maximum atomic E-state index is 13.0. The van der Waals surface area contributed by atoms with E-state index in [0.29, 0.717) is 10.4 Å². The Morgan fingerprint density at radius 3 is 2.14 bits per heavy atom. The molecule has 1 atom stereocenters. The Hall–Kier alpha value is -1.55. The summed E-state index contributed by atoms with van der Waals surface area (Å²) in [4.78, 5) is 26.7. The van der Waals surface area contributed by atoms with Crippen molar-refractivity contribution in [3.05, 3.63) is 34.9 Å². The van der Waals surface area contributed by atoms with E-state index < -0.39 is 0 Å². The van der Waals surface area contributed by atoms with E-state index in [0.717, 1.165) is 29.9 Å². The Morgan fingerprint density at radius 1 is 1.11 bits per heavy atom. The van der Waals surface area contributed by atoms with Crippen LogP contribution in [0.5, 0.6) is 0 Å². The van der Waals surface area contributed by atoms with Crippen molar-refractivity contribution in [3.8, 4) is 0 Å². The van der Waals surface area contributed by atoms with Crippen molar-refractivity contribution in [2.75, 3.05) is 13.6 Å². The van der Waals surface area contributed by atoms with E-state index in [9.17, 15) is 9.59 Å². The Kier molecular flexibility index (Phi) is 5.43. The second-order valence-corrected chi connectivity index (χ2v) is 10.1. The van der Waals surface area contributed by atoms with Crippen LogP contribution >= 0.6 is 11.6 Å². The van der Waals surface area contributed by atoms with Crippen LogP contribution in [0.2, 0.25) is 5.02 Å². The first kappa shape index (κ1) is 19.8. The van der Waals surface area contributed by atoms with Crippen molar-refractivity contribution in [2.45, 2.75) is 57.9 Å². The number of nitrogens with zero attached hydrogens (tertiary/aromatic N) is 1. The molecule has 1 N–H and O–H groups in total. The van der Waals surface area contributed by atoms with Crippen LogP contribution in [0.1, 0.15) is 63.5 Å². The molecular formula is C23H31ClN2O2. The van der Waals surface area contributed by atoms with Crippen molar-refractivity contribution in [2.24, 2.45) is 23.2 Å². The normalized spacial score (nSPS) is 31.5. The van der Waals surface area contributed by atoms with Crippen LogP contribution in [0.4, 0.5) is 0 Å². The molecule has 0 aliphatic heterocycles. The van der Waals surface area contributed by atoms with E-state index in [2.05, 4.69) is 5.32 Å². The highest BCUT2D eigenvalue weighted by Gasteiger charge is 2.51. The first-order chi connectivity index (χ1) is 13.3. The maximum Gasteiger partial charge on any atom is 0.224 e. The predicted octanol–water partition coefficient (Wildman–Crippen LogP) is 4.58. The zero-order valence-corrected chi connectivity index (χ0v) is 17.7. The Labute approximate surface area is 173 Å². The van der Waals surface area contributed by atoms with Gasteiger partial charge in [0, 0.05) is 25.5 Å². The summed E-state index contributed by atoms with van der Waals surface area (Å²) in [5.41, 5.74) is 1.25. The highest BCUT2D eigenvalue weighted by atomic mass is 35.5. The van der Waals surface area contributed by atoms with E-state index in [4.69, 9.17) is 11.6 Å². The van der Waals surface area contributed by atoms with Gasteiger partial charge in [-0.1, -0.05) is 23.7 Å². The van der Waals surface area contributed by atoms with E-state index in [1.807, 2.05) is 24.1 Å². The first-order valence-corrected chi connectivity index (χ1v) is 11.0. The minimum atomic E-state index is -0.318. The summed E-state index contributed by atoms with van der Waals surface area (Å²) in [6.45, 7) is 2.36. The molecule has 4 saturated carbocycles. The van der Waals surface area contributed by atoms with E-state index in [-0.39, 0.29) is 24.3 Å². The number of rotatable bonds is 6. The quantitative estimate of drug-likeness (QED) is 0.756. The average Bonchev–Trinajstić information content (AvgIpc) is 2.59. The molecule has 5 heteroatoms. The van der Waals surface area contributed by atoms with Gasteiger partial charge in [0.15, 0.2) is 0 Å². The maximum absolute atomic E-state index is 13.0. The van der Waals surface area contributed by atoms with Crippen molar-refractivity contribution in [1.29, 1.82) is 0 Å². The lowest BCUT2D eigenvalue weighted by Crippen LogP contribution is -2.51. The molecule has 5 rings (SSSR count). The molecule has 4 nitrogen and oxygen atoms in total. The zero-order valence-electron chi connectivity index (χ0n) is 16.9. The summed E-state index contributed by atoms with van der Waals surface area (Å²) in [5, 5.41) is 3.58. The van der Waals surface area contributed by atoms with Gasteiger partial charge in [0.05, 0.1) is 12.5 Å². The number of hydrogen-bond donors (Lipinski definition) is 1. The largest absolute Gasteiger partial charge is 0.349 e. The van der Waals surface area contributed by atoms with Crippen LogP contribution in [0.15, 0.2) is 24.3 Å². The van der Waals surface area contributed by atoms with Gasteiger partial charge in [0.1, 0.15) is 0 Å². The van der Waals surface area contributed by atoms with Gasteiger partial charge in [-0.15, -0.1) is 0 Å². The average molecular weight is 403 g/mol. The summed E-state index contributed by atoms with van der Waals surface area (Å²) in [5.74, 6) is 2.63. The van der Waals surface area contributed by atoms with Gasteiger partial charge in [0.25, 0.3) is 0 Å². The molecular weight excluding hydrogens is 372 g/mol. The van der Waals surface area contributed by atoms with Crippen molar-refractivity contribution < 1.29 is 9.59 Å². The number of hydrogen-bond acceptors (Lipinski definition) is 2. The molecule has 0 aromatic heterocycles. The van der Waals surface area contributed by atoms with Gasteiger partial charge in [-0.25, -0.2) is 0 Å². The topological polar surface area (TPSA) is 49.4 Å². The standard InChI is InChI=1S/C23H31ClN2O2/c1-15(27)25-21(19-3-5-20(24)6-4-19)10-22(28)26(2)14-23-11-16-7-17(12-23)9-18(8-16)13-23/h3-6,16-18,21H,7-14H2,1-2H3,(H,25,27). The smallest absolute Gasteiger partial charge is 0.224 e. The summed E-state index contributed by atoms with van der Waals surface area (Å²) >= 11 is 5.99. The summed E-state index contributed by atoms with van der Waals surface area (Å²) < 4.78 is 0. The third-order valence-corrected chi connectivity index (χ3v) is 7.44. The van der Waals surface area contributed by atoms with Crippen molar-refractivity contribution in [1.82, 2.24) is 10.2 Å². The van der Waals surface area contributed by atoms with Gasteiger partial charge in [-0.3, -0.25) is 9.59 Å². The third kappa shape index (κ3) is 4.22. The second-order valence-electron chi connectivity index (χ2n) is 9.68. The molecule has 0 saturated heterocycles.